The molecule has 0 aliphatic heterocycles. The Bertz CT molecular complexity index is 1290. The zero-order chi connectivity index (χ0) is 27.2. The van der Waals surface area contributed by atoms with Crippen LogP contribution in [0.2, 0.25) is 0 Å². The number of ether oxygens (including phenoxy) is 3. The summed E-state index contributed by atoms with van der Waals surface area (Å²) in [5.74, 6) is -0.376. The topological polar surface area (TPSA) is 128 Å². The Balaban J connectivity index is 1.75. The number of fused-ring (bicyclic) bond motifs is 1. The number of rotatable bonds is 3. The molecule has 0 atom stereocenters. The fourth-order valence-electron chi connectivity index (χ4n) is 2.97. The first kappa shape index (κ1) is 27.1. The number of aliphatic imine (C=N–C) groups is 1. The van der Waals surface area contributed by atoms with Crippen LogP contribution in [0.5, 0.6) is 5.75 Å². The number of esters is 1. The van der Waals surface area contributed by atoms with E-state index in [-0.39, 0.29) is 11.5 Å². The minimum atomic E-state index is -0.812. The van der Waals surface area contributed by atoms with Crippen molar-refractivity contribution in [1.82, 2.24) is 15.6 Å². The normalized spacial score (nSPS) is 11.3. The van der Waals surface area contributed by atoms with Crippen molar-refractivity contribution in [3.63, 3.8) is 0 Å². The Morgan fingerprint density at radius 1 is 0.811 bits per heavy atom. The molecule has 1 aromatic heterocycles. The van der Waals surface area contributed by atoms with E-state index in [1.807, 2.05) is 6.07 Å². The van der Waals surface area contributed by atoms with Gasteiger partial charge in [-0.3, -0.25) is 15.6 Å². The van der Waals surface area contributed by atoms with Crippen LogP contribution in [0.25, 0.3) is 10.9 Å². The third-order valence-corrected chi connectivity index (χ3v) is 4.37. The SMILES string of the molecule is CC(C)(C)OC(=O)NC(=Nc1ccc(C(=O)Oc2ccc3ncccc3c2)cc1)NC(=O)OC(C)(C)C. The molecule has 2 amide bonds. The summed E-state index contributed by atoms with van der Waals surface area (Å²) < 4.78 is 15.9. The van der Waals surface area contributed by atoms with Crippen LogP contribution in [0.15, 0.2) is 65.8 Å². The molecule has 3 rings (SSSR count). The summed E-state index contributed by atoms with van der Waals surface area (Å²) in [5, 5.41) is 5.65. The summed E-state index contributed by atoms with van der Waals surface area (Å²) in [4.78, 5) is 45.6. The van der Waals surface area contributed by atoms with Gasteiger partial charge < -0.3 is 14.2 Å². The van der Waals surface area contributed by atoms with Gasteiger partial charge in [0, 0.05) is 11.6 Å². The van der Waals surface area contributed by atoms with Crippen molar-refractivity contribution in [2.24, 2.45) is 4.99 Å². The van der Waals surface area contributed by atoms with E-state index >= 15 is 0 Å². The first-order valence-corrected chi connectivity index (χ1v) is 11.5. The fraction of sp³-hybridized carbons (Fsp3) is 0.296. The number of alkyl carbamates (subject to hydrolysis) is 2. The molecular formula is C27H30N4O6. The van der Waals surface area contributed by atoms with Gasteiger partial charge in [0.15, 0.2) is 0 Å². The summed E-state index contributed by atoms with van der Waals surface area (Å²) in [7, 11) is 0. The summed E-state index contributed by atoms with van der Waals surface area (Å²) in [6.07, 6.45) is 0.0661. The van der Waals surface area contributed by atoms with Crippen molar-refractivity contribution < 1.29 is 28.6 Å². The van der Waals surface area contributed by atoms with Crippen LogP contribution in [0.3, 0.4) is 0 Å². The maximum Gasteiger partial charge on any atom is 0.414 e. The van der Waals surface area contributed by atoms with Gasteiger partial charge in [-0.25, -0.2) is 19.4 Å². The van der Waals surface area contributed by atoms with Gasteiger partial charge in [-0.2, -0.15) is 0 Å². The van der Waals surface area contributed by atoms with E-state index in [1.54, 1.807) is 72.0 Å². The predicted molar refractivity (Wildman–Crippen MR) is 139 cm³/mol. The Labute approximate surface area is 215 Å². The van der Waals surface area contributed by atoms with Crippen LogP contribution < -0.4 is 15.4 Å². The second-order valence-electron chi connectivity index (χ2n) is 10.0. The average molecular weight is 507 g/mol. The lowest BCUT2D eigenvalue weighted by molar-refractivity contribution is 0.0544. The van der Waals surface area contributed by atoms with E-state index in [2.05, 4.69) is 20.6 Å². The number of guanidine groups is 1. The quantitative estimate of drug-likeness (QED) is 0.208. The highest BCUT2D eigenvalue weighted by Crippen LogP contribution is 2.21. The summed E-state index contributed by atoms with van der Waals surface area (Å²) in [6, 6.07) is 15.0. The summed E-state index contributed by atoms with van der Waals surface area (Å²) >= 11 is 0. The van der Waals surface area contributed by atoms with Crippen LogP contribution in [-0.4, -0.2) is 40.3 Å². The monoisotopic (exact) mass is 506 g/mol. The van der Waals surface area contributed by atoms with Gasteiger partial charge in [0.2, 0.25) is 5.96 Å². The van der Waals surface area contributed by atoms with E-state index in [0.717, 1.165) is 10.9 Å². The number of benzene rings is 2. The Kier molecular flexibility index (Phi) is 8.11. The Hall–Kier alpha value is -4.47. The molecule has 0 aliphatic carbocycles. The zero-order valence-corrected chi connectivity index (χ0v) is 21.6. The van der Waals surface area contributed by atoms with Crippen LogP contribution in [0.4, 0.5) is 15.3 Å². The Morgan fingerprint density at radius 2 is 1.41 bits per heavy atom. The van der Waals surface area contributed by atoms with Crippen molar-refractivity contribution in [3.8, 4) is 5.75 Å². The van der Waals surface area contributed by atoms with Gasteiger partial charge in [0.25, 0.3) is 0 Å². The molecule has 0 saturated heterocycles. The largest absolute Gasteiger partial charge is 0.444 e. The van der Waals surface area contributed by atoms with Gasteiger partial charge in [-0.05, 0) is 90.1 Å². The van der Waals surface area contributed by atoms with Crippen molar-refractivity contribution in [2.45, 2.75) is 52.7 Å². The molecule has 0 spiro atoms. The van der Waals surface area contributed by atoms with Crippen LogP contribution in [-0.2, 0) is 9.47 Å². The lowest BCUT2D eigenvalue weighted by Crippen LogP contribution is -2.47. The average Bonchev–Trinajstić information content (AvgIpc) is 2.76. The molecule has 10 heteroatoms. The number of pyridine rings is 1. The minimum absolute atomic E-state index is 0.205. The van der Waals surface area contributed by atoms with Crippen LogP contribution in [0.1, 0.15) is 51.9 Å². The van der Waals surface area contributed by atoms with Gasteiger partial charge >= 0.3 is 18.2 Å². The fourth-order valence-corrected chi connectivity index (χ4v) is 2.97. The molecule has 3 aromatic rings. The van der Waals surface area contributed by atoms with E-state index < -0.39 is 29.4 Å². The molecule has 2 N–H and O–H groups in total. The number of aromatic nitrogens is 1. The van der Waals surface area contributed by atoms with Crippen molar-refractivity contribution in [3.05, 3.63) is 66.4 Å². The van der Waals surface area contributed by atoms with E-state index in [0.29, 0.717) is 11.4 Å². The Morgan fingerprint density at radius 3 is 1.97 bits per heavy atom. The highest BCUT2D eigenvalue weighted by molar-refractivity contribution is 6.02. The molecule has 0 aliphatic rings. The number of hydrogen-bond acceptors (Lipinski definition) is 8. The van der Waals surface area contributed by atoms with Crippen molar-refractivity contribution in [1.29, 1.82) is 0 Å². The van der Waals surface area contributed by atoms with Gasteiger partial charge in [0.05, 0.1) is 16.8 Å². The number of nitrogens with zero attached hydrogens (tertiary/aromatic N) is 2. The molecule has 37 heavy (non-hydrogen) atoms. The molecule has 10 nitrogen and oxygen atoms in total. The lowest BCUT2D eigenvalue weighted by atomic mass is 10.2. The third kappa shape index (κ3) is 8.92. The molecule has 0 fully saturated rings. The van der Waals surface area contributed by atoms with Gasteiger partial charge in [-0.15, -0.1) is 0 Å². The predicted octanol–water partition coefficient (Wildman–Crippen LogP) is 5.49. The smallest absolute Gasteiger partial charge is 0.414 e. The first-order chi connectivity index (χ1) is 17.3. The highest BCUT2D eigenvalue weighted by Gasteiger charge is 2.21. The molecule has 0 bridgehead atoms. The van der Waals surface area contributed by atoms with Crippen LogP contribution >= 0.6 is 0 Å². The number of carbonyl (C=O) groups is 3. The van der Waals surface area contributed by atoms with Crippen molar-refractivity contribution >= 4 is 40.7 Å². The number of nitrogens with one attached hydrogen (secondary N) is 2. The van der Waals surface area contributed by atoms with Crippen molar-refractivity contribution in [2.75, 3.05) is 0 Å². The molecule has 1 heterocycles. The number of amides is 2. The highest BCUT2D eigenvalue weighted by atomic mass is 16.6. The summed E-state index contributed by atoms with van der Waals surface area (Å²) in [6.45, 7) is 10.2. The number of carbonyl (C=O) groups excluding carboxylic acids is 3. The second kappa shape index (κ2) is 11.1. The maximum atomic E-state index is 12.6. The third-order valence-electron chi connectivity index (χ3n) is 4.37. The molecule has 0 saturated carbocycles. The minimum Gasteiger partial charge on any atom is -0.444 e. The lowest BCUT2D eigenvalue weighted by Gasteiger charge is -2.22. The summed E-state index contributed by atoms with van der Waals surface area (Å²) in [5.41, 5.74) is -0.0993. The van der Waals surface area contributed by atoms with E-state index in [4.69, 9.17) is 14.2 Å². The standard InChI is InChI=1S/C27H30N4O6/c1-26(2,3)36-24(33)30-23(31-25(34)37-27(4,5)6)29-19-11-9-17(10-12-19)22(32)35-20-13-14-21-18(16-20)8-7-15-28-21/h7-16H,1-6H3,(H2,29,30,31,33,34). The van der Waals surface area contributed by atoms with E-state index in [1.165, 1.54) is 24.3 Å². The number of hydrogen-bond donors (Lipinski definition) is 2. The second-order valence-corrected chi connectivity index (χ2v) is 10.0. The maximum absolute atomic E-state index is 12.6. The molecule has 2 aromatic carbocycles. The zero-order valence-electron chi connectivity index (χ0n) is 21.6. The van der Waals surface area contributed by atoms with E-state index in [9.17, 15) is 14.4 Å². The molecule has 0 radical (unpaired) electrons. The first-order valence-electron chi connectivity index (χ1n) is 11.5. The van der Waals surface area contributed by atoms with Crippen LogP contribution in [0, 0.1) is 0 Å². The van der Waals surface area contributed by atoms with Gasteiger partial charge in [0.1, 0.15) is 17.0 Å². The molecular weight excluding hydrogens is 476 g/mol. The molecule has 0 unspecified atom stereocenters. The molecule has 194 valence electrons. The van der Waals surface area contributed by atoms with Gasteiger partial charge in [-0.1, -0.05) is 6.07 Å².